The fraction of sp³-hybridized carbons (Fsp3) is 0.750. The van der Waals surface area contributed by atoms with Gasteiger partial charge in [-0.15, -0.1) is 0 Å². The van der Waals surface area contributed by atoms with Crippen LogP contribution in [0.25, 0.3) is 0 Å². The summed E-state index contributed by atoms with van der Waals surface area (Å²) in [5.74, 6) is 0.321. The number of esters is 1. The highest BCUT2D eigenvalue weighted by Gasteiger charge is 2.28. The third-order valence-corrected chi connectivity index (χ3v) is 6.94. The number of carbonyl (C=O) groups is 2. The van der Waals surface area contributed by atoms with E-state index in [1.54, 1.807) is 11.8 Å². The molecule has 7 heteroatoms. The number of piperidine rings is 1. The molecule has 0 N–H and O–H groups in total. The van der Waals surface area contributed by atoms with E-state index >= 15 is 0 Å². The first kappa shape index (κ1) is 20.2. The summed E-state index contributed by atoms with van der Waals surface area (Å²) < 4.78 is 7.19. The molecular formula is C20H31N3O3S. The Balaban J connectivity index is 1.58. The van der Waals surface area contributed by atoms with Gasteiger partial charge in [0.1, 0.15) is 0 Å². The highest BCUT2D eigenvalue weighted by Crippen LogP contribution is 2.34. The van der Waals surface area contributed by atoms with Crippen molar-refractivity contribution in [2.75, 3.05) is 26.0 Å². The van der Waals surface area contributed by atoms with Gasteiger partial charge in [-0.3, -0.25) is 9.59 Å². The van der Waals surface area contributed by atoms with E-state index in [9.17, 15) is 9.59 Å². The van der Waals surface area contributed by atoms with Gasteiger partial charge < -0.3 is 14.2 Å². The van der Waals surface area contributed by atoms with E-state index in [4.69, 9.17) is 9.72 Å². The van der Waals surface area contributed by atoms with E-state index in [0.717, 1.165) is 10.9 Å². The van der Waals surface area contributed by atoms with Crippen LogP contribution in [0.5, 0.6) is 0 Å². The lowest BCUT2D eigenvalue weighted by molar-refractivity contribution is -0.148. The molecule has 27 heavy (non-hydrogen) atoms. The molecule has 0 atom stereocenters. The van der Waals surface area contributed by atoms with Gasteiger partial charge in [-0.2, -0.15) is 0 Å². The van der Waals surface area contributed by atoms with Gasteiger partial charge in [0.05, 0.1) is 24.5 Å². The summed E-state index contributed by atoms with van der Waals surface area (Å²) in [7, 11) is 1.43. The molecule has 2 aliphatic rings. The molecule has 1 aliphatic heterocycles. The summed E-state index contributed by atoms with van der Waals surface area (Å²) in [6.45, 7) is 5.46. The zero-order valence-corrected chi connectivity index (χ0v) is 17.5. The first-order valence-electron chi connectivity index (χ1n) is 10.0. The standard InChI is InChI=1S/C20H31N3O3S/c1-14-15(2)23(17-7-5-4-6-8-17)20(21-14)27-13-18(24)22-11-9-16(10-12-22)19(25)26-3/h16-17H,4-13H2,1-3H3. The van der Waals surface area contributed by atoms with Crippen LogP contribution < -0.4 is 0 Å². The maximum Gasteiger partial charge on any atom is 0.308 e. The lowest BCUT2D eigenvalue weighted by Crippen LogP contribution is -2.41. The lowest BCUT2D eigenvalue weighted by atomic mass is 9.95. The summed E-state index contributed by atoms with van der Waals surface area (Å²) in [6, 6.07) is 0.522. The van der Waals surface area contributed by atoms with Crippen LogP contribution in [-0.2, 0) is 14.3 Å². The average Bonchev–Trinajstić information content (AvgIpc) is 3.00. The van der Waals surface area contributed by atoms with E-state index < -0.39 is 0 Å². The molecular weight excluding hydrogens is 362 g/mol. The van der Waals surface area contributed by atoms with Crippen LogP contribution in [0.2, 0.25) is 0 Å². The fourth-order valence-electron chi connectivity index (χ4n) is 4.22. The fourth-order valence-corrected chi connectivity index (χ4v) is 5.28. The number of rotatable bonds is 5. The van der Waals surface area contributed by atoms with Gasteiger partial charge in [0.25, 0.3) is 0 Å². The van der Waals surface area contributed by atoms with Gasteiger partial charge in [0.15, 0.2) is 5.16 Å². The molecule has 1 saturated heterocycles. The molecule has 0 radical (unpaired) electrons. The van der Waals surface area contributed by atoms with Crippen LogP contribution in [0.4, 0.5) is 0 Å². The Morgan fingerprint density at radius 3 is 2.41 bits per heavy atom. The molecule has 2 fully saturated rings. The predicted molar refractivity (Wildman–Crippen MR) is 106 cm³/mol. The van der Waals surface area contributed by atoms with Crippen molar-refractivity contribution in [2.45, 2.75) is 70.0 Å². The van der Waals surface area contributed by atoms with Crippen LogP contribution >= 0.6 is 11.8 Å². The highest BCUT2D eigenvalue weighted by atomic mass is 32.2. The number of imidazole rings is 1. The van der Waals surface area contributed by atoms with Crippen molar-refractivity contribution < 1.29 is 14.3 Å². The van der Waals surface area contributed by atoms with Gasteiger partial charge in [0, 0.05) is 24.8 Å². The van der Waals surface area contributed by atoms with Gasteiger partial charge >= 0.3 is 5.97 Å². The molecule has 0 unspecified atom stereocenters. The summed E-state index contributed by atoms with van der Waals surface area (Å²) in [4.78, 5) is 30.9. The quantitative estimate of drug-likeness (QED) is 0.566. The number of aromatic nitrogens is 2. The third kappa shape index (κ3) is 4.68. The van der Waals surface area contributed by atoms with Crippen molar-refractivity contribution in [3.8, 4) is 0 Å². The Hall–Kier alpha value is -1.50. The number of methoxy groups -OCH3 is 1. The second-order valence-electron chi connectivity index (χ2n) is 7.69. The normalized spacial score (nSPS) is 19.3. The molecule has 1 aliphatic carbocycles. The first-order chi connectivity index (χ1) is 13.0. The third-order valence-electron chi connectivity index (χ3n) is 6.00. The summed E-state index contributed by atoms with van der Waals surface area (Å²) in [5, 5.41) is 0.981. The van der Waals surface area contributed by atoms with E-state index in [2.05, 4.69) is 18.4 Å². The molecule has 0 spiro atoms. The number of likely N-dealkylation sites (tertiary alicyclic amines) is 1. The summed E-state index contributed by atoms with van der Waals surface area (Å²) >= 11 is 1.56. The monoisotopic (exact) mass is 393 g/mol. The Bertz CT molecular complexity index is 674. The van der Waals surface area contributed by atoms with Crippen molar-refractivity contribution in [3.63, 3.8) is 0 Å². The van der Waals surface area contributed by atoms with Crippen LogP contribution in [0, 0.1) is 19.8 Å². The van der Waals surface area contributed by atoms with Crippen molar-refractivity contribution in [1.82, 2.24) is 14.5 Å². The Kier molecular flexibility index (Phi) is 6.84. The minimum atomic E-state index is -0.156. The van der Waals surface area contributed by atoms with Crippen LogP contribution in [0.3, 0.4) is 0 Å². The lowest BCUT2D eigenvalue weighted by Gasteiger charge is -2.30. The molecule has 1 amide bonds. The molecule has 6 nitrogen and oxygen atoms in total. The first-order valence-corrected chi connectivity index (χ1v) is 11.0. The van der Waals surface area contributed by atoms with Crippen molar-refractivity contribution >= 4 is 23.6 Å². The van der Waals surface area contributed by atoms with E-state index in [1.165, 1.54) is 44.9 Å². The number of ether oxygens (including phenoxy) is 1. The Morgan fingerprint density at radius 1 is 1.11 bits per heavy atom. The highest BCUT2D eigenvalue weighted by molar-refractivity contribution is 7.99. The average molecular weight is 394 g/mol. The smallest absolute Gasteiger partial charge is 0.308 e. The second kappa shape index (κ2) is 9.13. The number of hydrogen-bond donors (Lipinski definition) is 0. The predicted octanol–water partition coefficient (Wildman–Crippen LogP) is 3.51. The minimum Gasteiger partial charge on any atom is -0.469 e. The molecule has 0 bridgehead atoms. The topological polar surface area (TPSA) is 64.4 Å². The molecule has 1 saturated carbocycles. The minimum absolute atomic E-state index is 0.0674. The zero-order chi connectivity index (χ0) is 19.4. The number of hydrogen-bond acceptors (Lipinski definition) is 5. The van der Waals surface area contributed by atoms with Crippen LogP contribution in [0.1, 0.15) is 62.4 Å². The SMILES string of the molecule is COC(=O)C1CCN(C(=O)CSc2nc(C)c(C)n2C2CCCCC2)CC1. The van der Waals surface area contributed by atoms with Crippen LogP contribution in [-0.4, -0.2) is 52.3 Å². The summed E-state index contributed by atoms with van der Waals surface area (Å²) in [6.07, 6.45) is 7.68. The largest absolute Gasteiger partial charge is 0.469 e. The maximum atomic E-state index is 12.6. The summed E-state index contributed by atoms with van der Waals surface area (Å²) in [5.41, 5.74) is 2.30. The molecule has 3 rings (SSSR count). The molecule has 1 aromatic rings. The van der Waals surface area contributed by atoms with Crippen molar-refractivity contribution in [1.29, 1.82) is 0 Å². The van der Waals surface area contributed by atoms with Crippen LogP contribution in [0.15, 0.2) is 5.16 Å². The second-order valence-corrected chi connectivity index (χ2v) is 8.64. The van der Waals surface area contributed by atoms with Gasteiger partial charge in [-0.05, 0) is 39.5 Å². The van der Waals surface area contributed by atoms with Gasteiger partial charge in [-0.25, -0.2) is 4.98 Å². The molecule has 0 aromatic carbocycles. The number of aryl methyl sites for hydroxylation is 1. The van der Waals surface area contributed by atoms with Crippen molar-refractivity contribution in [3.05, 3.63) is 11.4 Å². The Morgan fingerprint density at radius 2 is 1.78 bits per heavy atom. The molecule has 150 valence electrons. The van der Waals surface area contributed by atoms with E-state index in [1.807, 2.05) is 4.90 Å². The zero-order valence-electron chi connectivity index (χ0n) is 16.7. The Labute approximate surface area is 166 Å². The number of thioether (sulfide) groups is 1. The van der Waals surface area contributed by atoms with E-state index in [0.29, 0.717) is 37.7 Å². The maximum absolute atomic E-state index is 12.6. The van der Waals surface area contributed by atoms with Crippen molar-refractivity contribution in [2.24, 2.45) is 5.92 Å². The molecule has 2 heterocycles. The molecule has 1 aromatic heterocycles. The van der Waals surface area contributed by atoms with Gasteiger partial charge in [-0.1, -0.05) is 31.0 Å². The number of carbonyl (C=O) groups excluding carboxylic acids is 2. The van der Waals surface area contributed by atoms with E-state index in [-0.39, 0.29) is 17.8 Å². The number of nitrogens with zero attached hydrogens (tertiary/aromatic N) is 3. The van der Waals surface area contributed by atoms with Gasteiger partial charge in [0.2, 0.25) is 5.91 Å². The number of amides is 1.